The Balaban J connectivity index is 1.81. The van der Waals surface area contributed by atoms with Crippen molar-refractivity contribution < 1.29 is 13.2 Å². The van der Waals surface area contributed by atoms with Crippen LogP contribution in [-0.2, 0) is 20.6 Å². The normalized spacial score (nSPS) is 11.2. The molecular formula is C19H23BrN2O3S2. The van der Waals surface area contributed by atoms with Gasteiger partial charge in [0.05, 0.1) is 11.9 Å². The van der Waals surface area contributed by atoms with Gasteiger partial charge in [0.2, 0.25) is 15.9 Å². The molecule has 0 atom stereocenters. The Morgan fingerprint density at radius 1 is 1.19 bits per heavy atom. The molecule has 5 nitrogen and oxygen atoms in total. The third-order valence-corrected chi connectivity index (χ3v) is 6.41. The number of hydrogen-bond donors (Lipinski definition) is 1. The molecule has 27 heavy (non-hydrogen) atoms. The third-order valence-electron chi connectivity index (χ3n) is 3.74. The number of rotatable bonds is 9. The molecule has 146 valence electrons. The Morgan fingerprint density at radius 3 is 2.52 bits per heavy atom. The van der Waals surface area contributed by atoms with Crippen molar-refractivity contribution in [2.24, 2.45) is 0 Å². The molecule has 0 heterocycles. The lowest BCUT2D eigenvalue weighted by atomic mass is 10.2. The summed E-state index contributed by atoms with van der Waals surface area (Å²) in [7, 11) is -3.56. The molecule has 1 N–H and O–H groups in total. The van der Waals surface area contributed by atoms with E-state index in [1.54, 1.807) is 36.0 Å². The van der Waals surface area contributed by atoms with Gasteiger partial charge in [-0.05, 0) is 30.7 Å². The Bertz CT molecular complexity index is 871. The summed E-state index contributed by atoms with van der Waals surface area (Å²) in [5.41, 5.74) is 2.93. The number of nitrogens with one attached hydrogen (secondary N) is 1. The first-order chi connectivity index (χ1) is 12.8. The van der Waals surface area contributed by atoms with Crippen molar-refractivity contribution in [3.63, 3.8) is 0 Å². The Labute approximate surface area is 173 Å². The number of thioether (sulfide) groups is 1. The number of aryl methyl sites for hydroxylation is 1. The van der Waals surface area contributed by atoms with Crippen LogP contribution in [0.3, 0.4) is 0 Å². The second kappa shape index (κ2) is 10.1. The summed E-state index contributed by atoms with van der Waals surface area (Å²) in [6, 6.07) is 15.2. The Kier molecular flexibility index (Phi) is 8.19. The zero-order valence-electron chi connectivity index (χ0n) is 15.3. The molecule has 0 spiro atoms. The van der Waals surface area contributed by atoms with Gasteiger partial charge in [-0.1, -0.05) is 51.8 Å². The van der Waals surface area contributed by atoms with E-state index in [0.29, 0.717) is 12.2 Å². The summed E-state index contributed by atoms with van der Waals surface area (Å²) < 4.78 is 26.0. The van der Waals surface area contributed by atoms with Gasteiger partial charge in [0, 0.05) is 22.5 Å². The molecule has 2 aromatic carbocycles. The fraction of sp³-hybridized carbons (Fsp3) is 0.316. The molecule has 0 aliphatic rings. The number of amides is 1. The van der Waals surface area contributed by atoms with Gasteiger partial charge in [-0.15, -0.1) is 0 Å². The van der Waals surface area contributed by atoms with E-state index in [2.05, 4.69) is 52.4 Å². The highest BCUT2D eigenvalue weighted by Gasteiger charge is 2.20. The molecule has 0 saturated heterocycles. The average Bonchev–Trinajstić information content (AvgIpc) is 2.60. The zero-order valence-corrected chi connectivity index (χ0v) is 18.5. The predicted octanol–water partition coefficient (Wildman–Crippen LogP) is 3.57. The monoisotopic (exact) mass is 470 g/mol. The standard InChI is InChI=1S/C19H23BrN2O3S2/c1-15-6-8-16(9-7-15)14-26-11-10-21-19(23)13-22(27(2,24)25)18-5-3-4-17(20)12-18/h3-9,12H,10-11,13-14H2,1-2H3,(H,21,23). The van der Waals surface area contributed by atoms with Gasteiger partial charge < -0.3 is 5.32 Å². The number of anilines is 1. The van der Waals surface area contributed by atoms with Crippen LogP contribution in [0.25, 0.3) is 0 Å². The molecule has 2 rings (SSSR count). The number of carbonyl (C=O) groups excluding carboxylic acids is 1. The number of benzene rings is 2. The minimum absolute atomic E-state index is 0.238. The highest BCUT2D eigenvalue weighted by Crippen LogP contribution is 2.21. The Morgan fingerprint density at radius 2 is 1.89 bits per heavy atom. The lowest BCUT2D eigenvalue weighted by Gasteiger charge is -2.22. The molecule has 0 aliphatic heterocycles. The molecule has 0 unspecified atom stereocenters. The van der Waals surface area contributed by atoms with E-state index >= 15 is 0 Å². The molecular weight excluding hydrogens is 448 g/mol. The quantitative estimate of drug-likeness (QED) is 0.568. The van der Waals surface area contributed by atoms with Crippen molar-refractivity contribution in [3.05, 3.63) is 64.1 Å². The minimum atomic E-state index is -3.56. The number of nitrogens with zero attached hydrogens (tertiary/aromatic N) is 1. The van der Waals surface area contributed by atoms with Gasteiger partial charge in [-0.2, -0.15) is 11.8 Å². The number of halogens is 1. The van der Waals surface area contributed by atoms with E-state index in [4.69, 9.17) is 0 Å². The van der Waals surface area contributed by atoms with Crippen LogP contribution in [-0.4, -0.2) is 39.4 Å². The first-order valence-corrected chi connectivity index (χ1v) is 12.2. The maximum Gasteiger partial charge on any atom is 0.240 e. The van der Waals surface area contributed by atoms with Crippen LogP contribution in [0.5, 0.6) is 0 Å². The highest BCUT2D eigenvalue weighted by atomic mass is 79.9. The van der Waals surface area contributed by atoms with E-state index in [9.17, 15) is 13.2 Å². The summed E-state index contributed by atoms with van der Waals surface area (Å²) >= 11 is 5.05. The average molecular weight is 471 g/mol. The first kappa shape index (κ1) is 21.8. The zero-order chi connectivity index (χ0) is 19.9. The van der Waals surface area contributed by atoms with E-state index in [1.165, 1.54) is 11.1 Å². The second-order valence-electron chi connectivity index (χ2n) is 6.14. The number of hydrogen-bond acceptors (Lipinski definition) is 4. The van der Waals surface area contributed by atoms with Crippen LogP contribution in [0, 0.1) is 6.92 Å². The molecule has 0 aliphatic carbocycles. The van der Waals surface area contributed by atoms with Crippen LogP contribution in [0.15, 0.2) is 53.0 Å². The number of sulfonamides is 1. The lowest BCUT2D eigenvalue weighted by molar-refractivity contribution is -0.119. The van der Waals surface area contributed by atoms with E-state index in [-0.39, 0.29) is 12.5 Å². The van der Waals surface area contributed by atoms with E-state index in [1.807, 2.05) is 0 Å². The maximum absolute atomic E-state index is 12.2. The van der Waals surface area contributed by atoms with Gasteiger partial charge in [-0.3, -0.25) is 9.10 Å². The molecule has 0 radical (unpaired) electrons. The van der Waals surface area contributed by atoms with Gasteiger partial charge >= 0.3 is 0 Å². The van der Waals surface area contributed by atoms with Crippen LogP contribution in [0.2, 0.25) is 0 Å². The second-order valence-corrected chi connectivity index (χ2v) is 10.1. The van der Waals surface area contributed by atoms with Crippen molar-refractivity contribution in [3.8, 4) is 0 Å². The number of carbonyl (C=O) groups is 1. The van der Waals surface area contributed by atoms with Crippen LogP contribution < -0.4 is 9.62 Å². The first-order valence-electron chi connectivity index (χ1n) is 8.39. The molecule has 0 fully saturated rings. The summed E-state index contributed by atoms with van der Waals surface area (Å²) in [6.45, 7) is 2.31. The summed E-state index contributed by atoms with van der Waals surface area (Å²) in [6.07, 6.45) is 1.10. The van der Waals surface area contributed by atoms with E-state index in [0.717, 1.165) is 26.5 Å². The maximum atomic E-state index is 12.2. The van der Waals surface area contributed by atoms with Crippen LogP contribution >= 0.6 is 27.7 Å². The predicted molar refractivity (Wildman–Crippen MR) is 117 cm³/mol. The smallest absolute Gasteiger partial charge is 0.240 e. The lowest BCUT2D eigenvalue weighted by Crippen LogP contribution is -2.41. The third kappa shape index (κ3) is 7.56. The SMILES string of the molecule is Cc1ccc(CSCCNC(=O)CN(c2cccc(Br)c2)S(C)(=O)=O)cc1. The molecule has 0 saturated carbocycles. The topological polar surface area (TPSA) is 66.5 Å². The summed E-state index contributed by atoms with van der Waals surface area (Å²) in [5, 5.41) is 2.79. The summed E-state index contributed by atoms with van der Waals surface area (Å²) in [4.78, 5) is 12.2. The molecule has 0 bridgehead atoms. The van der Waals surface area contributed by atoms with Crippen LogP contribution in [0.1, 0.15) is 11.1 Å². The minimum Gasteiger partial charge on any atom is -0.354 e. The van der Waals surface area contributed by atoms with E-state index < -0.39 is 10.0 Å². The fourth-order valence-corrected chi connectivity index (χ4v) is 4.41. The summed E-state index contributed by atoms with van der Waals surface area (Å²) in [5.74, 6) is 1.32. The highest BCUT2D eigenvalue weighted by molar-refractivity contribution is 9.10. The Hall–Kier alpha value is -1.51. The van der Waals surface area contributed by atoms with Crippen molar-refractivity contribution in [2.75, 3.05) is 29.4 Å². The molecule has 0 aromatic heterocycles. The van der Waals surface area contributed by atoms with Crippen LogP contribution in [0.4, 0.5) is 5.69 Å². The van der Waals surface area contributed by atoms with Gasteiger partial charge in [0.1, 0.15) is 6.54 Å². The fourth-order valence-electron chi connectivity index (χ4n) is 2.35. The van der Waals surface area contributed by atoms with Gasteiger partial charge in [-0.25, -0.2) is 8.42 Å². The molecule has 2 aromatic rings. The van der Waals surface area contributed by atoms with Gasteiger partial charge in [0.15, 0.2) is 0 Å². The van der Waals surface area contributed by atoms with Gasteiger partial charge in [0.25, 0.3) is 0 Å². The van der Waals surface area contributed by atoms with Crippen molar-refractivity contribution in [2.45, 2.75) is 12.7 Å². The largest absolute Gasteiger partial charge is 0.354 e. The molecule has 1 amide bonds. The van der Waals surface area contributed by atoms with Crippen molar-refractivity contribution >= 4 is 49.3 Å². The van der Waals surface area contributed by atoms with Crippen molar-refractivity contribution in [1.82, 2.24) is 5.32 Å². The molecule has 8 heteroatoms. The van der Waals surface area contributed by atoms with Crippen molar-refractivity contribution in [1.29, 1.82) is 0 Å².